The Morgan fingerprint density at radius 2 is 2.33 bits per heavy atom. The van der Waals surface area contributed by atoms with Gasteiger partial charge in [-0.15, -0.1) is 0 Å². The van der Waals surface area contributed by atoms with Crippen LogP contribution >= 0.6 is 11.6 Å². The van der Waals surface area contributed by atoms with Crippen LogP contribution in [-0.2, 0) is 4.74 Å². The summed E-state index contributed by atoms with van der Waals surface area (Å²) in [6.07, 6.45) is 2.13. The maximum absolute atomic E-state index is 14.0. The molecule has 2 nitrogen and oxygen atoms in total. The van der Waals surface area contributed by atoms with E-state index in [-0.39, 0.29) is 18.0 Å². The van der Waals surface area contributed by atoms with E-state index in [9.17, 15) is 4.39 Å². The lowest BCUT2D eigenvalue weighted by Gasteiger charge is -2.27. The number of rotatable bonds is 4. The first-order valence-electron chi connectivity index (χ1n) is 6.41. The second-order valence-corrected chi connectivity index (χ2v) is 5.14. The van der Waals surface area contributed by atoms with E-state index in [1.807, 2.05) is 7.05 Å². The summed E-state index contributed by atoms with van der Waals surface area (Å²) in [5, 5.41) is 3.65. The molecule has 1 aromatic carbocycles. The molecule has 4 heteroatoms. The highest BCUT2D eigenvalue weighted by molar-refractivity contribution is 6.30. The molecular weight excluding hydrogens is 253 g/mol. The van der Waals surface area contributed by atoms with Gasteiger partial charge in [0.25, 0.3) is 0 Å². The van der Waals surface area contributed by atoms with Crippen molar-refractivity contribution in [1.29, 1.82) is 0 Å². The molecule has 18 heavy (non-hydrogen) atoms. The van der Waals surface area contributed by atoms with Crippen LogP contribution in [0.25, 0.3) is 0 Å². The van der Waals surface area contributed by atoms with Gasteiger partial charge in [0.05, 0.1) is 6.10 Å². The summed E-state index contributed by atoms with van der Waals surface area (Å²) in [5.41, 5.74) is 0.677. The summed E-state index contributed by atoms with van der Waals surface area (Å²) < 4.78 is 19.7. The first-order chi connectivity index (χ1) is 8.67. The molecule has 3 atom stereocenters. The Labute approximate surface area is 112 Å². The molecule has 0 radical (unpaired) electrons. The molecule has 0 spiro atoms. The van der Waals surface area contributed by atoms with Crippen molar-refractivity contribution in [2.75, 3.05) is 13.7 Å². The molecule has 1 N–H and O–H groups in total. The average Bonchev–Trinajstić information content (AvgIpc) is 2.81. The summed E-state index contributed by atoms with van der Waals surface area (Å²) in [6, 6.07) is 4.86. The summed E-state index contributed by atoms with van der Waals surface area (Å²) in [6.45, 7) is 2.87. The van der Waals surface area contributed by atoms with E-state index in [0.717, 1.165) is 19.4 Å². The van der Waals surface area contributed by atoms with Gasteiger partial charge >= 0.3 is 0 Å². The Morgan fingerprint density at radius 3 is 2.94 bits per heavy atom. The van der Waals surface area contributed by atoms with Gasteiger partial charge in [0.2, 0.25) is 0 Å². The van der Waals surface area contributed by atoms with Gasteiger partial charge in [0, 0.05) is 29.2 Å². The molecule has 1 saturated heterocycles. The summed E-state index contributed by atoms with van der Waals surface area (Å²) >= 11 is 5.80. The van der Waals surface area contributed by atoms with Gasteiger partial charge in [0.15, 0.2) is 0 Å². The van der Waals surface area contributed by atoms with Crippen molar-refractivity contribution >= 4 is 11.6 Å². The third-order valence-electron chi connectivity index (χ3n) is 3.70. The molecule has 0 aliphatic carbocycles. The van der Waals surface area contributed by atoms with Gasteiger partial charge in [-0.05, 0) is 32.0 Å². The standard InChI is InChI=1S/C14H19ClFNO/c1-3-13-11(6-7-18-13)14(17-2)10-5-4-9(15)8-12(10)16/h4-5,8,11,13-14,17H,3,6-7H2,1-2H3. The van der Waals surface area contributed by atoms with E-state index in [1.54, 1.807) is 12.1 Å². The smallest absolute Gasteiger partial charge is 0.129 e. The molecule has 1 aromatic rings. The molecule has 1 fully saturated rings. The number of hydrogen-bond donors (Lipinski definition) is 1. The minimum Gasteiger partial charge on any atom is -0.378 e. The Hall–Kier alpha value is -0.640. The normalized spacial score (nSPS) is 25.3. The molecular formula is C14H19ClFNO. The third kappa shape index (κ3) is 2.68. The molecule has 0 aromatic heterocycles. The van der Waals surface area contributed by atoms with E-state index in [2.05, 4.69) is 12.2 Å². The number of halogens is 2. The highest BCUT2D eigenvalue weighted by atomic mass is 35.5. The molecule has 0 amide bonds. The lowest BCUT2D eigenvalue weighted by atomic mass is 9.86. The van der Waals surface area contributed by atoms with Crippen molar-refractivity contribution in [1.82, 2.24) is 5.32 Å². The largest absolute Gasteiger partial charge is 0.378 e. The number of benzene rings is 1. The van der Waals surface area contributed by atoms with Crippen LogP contribution in [0.4, 0.5) is 4.39 Å². The quantitative estimate of drug-likeness (QED) is 0.904. The fourth-order valence-electron chi connectivity index (χ4n) is 2.82. The monoisotopic (exact) mass is 271 g/mol. The molecule has 1 aliphatic rings. The summed E-state index contributed by atoms with van der Waals surface area (Å²) in [4.78, 5) is 0. The van der Waals surface area contributed by atoms with Gasteiger partial charge in [0.1, 0.15) is 5.82 Å². The zero-order chi connectivity index (χ0) is 13.1. The summed E-state index contributed by atoms with van der Waals surface area (Å²) in [5.74, 6) is 0.0688. The van der Waals surface area contributed by atoms with E-state index in [4.69, 9.17) is 16.3 Å². The maximum atomic E-state index is 14.0. The predicted octanol–water partition coefficient (Wildman–Crippen LogP) is 3.55. The SMILES string of the molecule is CCC1OCCC1C(NC)c1ccc(Cl)cc1F. The Kier molecular flexibility index (Phi) is 4.60. The number of ether oxygens (including phenoxy) is 1. The topological polar surface area (TPSA) is 21.3 Å². The van der Waals surface area contributed by atoms with E-state index in [1.165, 1.54) is 6.07 Å². The van der Waals surface area contributed by atoms with Crippen LogP contribution in [0.2, 0.25) is 5.02 Å². The van der Waals surface area contributed by atoms with Crippen LogP contribution in [0.5, 0.6) is 0 Å². The molecule has 100 valence electrons. The van der Waals surface area contributed by atoms with Crippen LogP contribution in [0, 0.1) is 11.7 Å². The van der Waals surface area contributed by atoms with Crippen LogP contribution in [0.3, 0.4) is 0 Å². The van der Waals surface area contributed by atoms with E-state index >= 15 is 0 Å². The van der Waals surface area contributed by atoms with Crippen molar-refractivity contribution in [3.05, 3.63) is 34.6 Å². The molecule has 0 saturated carbocycles. The van der Waals surface area contributed by atoms with Crippen molar-refractivity contribution in [2.45, 2.75) is 31.9 Å². The highest BCUT2D eigenvalue weighted by Gasteiger charge is 2.34. The van der Waals surface area contributed by atoms with Gasteiger partial charge in [-0.1, -0.05) is 24.6 Å². The first kappa shape index (κ1) is 13.8. The number of hydrogen-bond acceptors (Lipinski definition) is 2. The fourth-order valence-corrected chi connectivity index (χ4v) is 2.98. The van der Waals surface area contributed by atoms with E-state index in [0.29, 0.717) is 16.5 Å². The third-order valence-corrected chi connectivity index (χ3v) is 3.93. The van der Waals surface area contributed by atoms with Gasteiger partial charge in [-0.3, -0.25) is 0 Å². The lowest BCUT2D eigenvalue weighted by Crippen LogP contribution is -2.31. The van der Waals surface area contributed by atoms with Crippen molar-refractivity contribution in [3.8, 4) is 0 Å². The molecule has 0 bridgehead atoms. The highest BCUT2D eigenvalue weighted by Crippen LogP contribution is 2.36. The lowest BCUT2D eigenvalue weighted by molar-refractivity contribution is 0.0779. The second-order valence-electron chi connectivity index (χ2n) is 4.70. The molecule has 2 rings (SSSR count). The minimum atomic E-state index is -0.247. The Bertz CT molecular complexity index is 413. The predicted molar refractivity (Wildman–Crippen MR) is 71.3 cm³/mol. The van der Waals surface area contributed by atoms with Crippen LogP contribution in [-0.4, -0.2) is 19.8 Å². The summed E-state index contributed by atoms with van der Waals surface area (Å²) in [7, 11) is 1.86. The first-order valence-corrected chi connectivity index (χ1v) is 6.79. The Morgan fingerprint density at radius 1 is 1.56 bits per heavy atom. The van der Waals surface area contributed by atoms with Crippen molar-refractivity contribution in [3.63, 3.8) is 0 Å². The van der Waals surface area contributed by atoms with Gasteiger partial charge in [-0.25, -0.2) is 4.39 Å². The van der Waals surface area contributed by atoms with Crippen molar-refractivity contribution < 1.29 is 9.13 Å². The van der Waals surface area contributed by atoms with Crippen molar-refractivity contribution in [2.24, 2.45) is 5.92 Å². The molecule has 1 aliphatic heterocycles. The van der Waals surface area contributed by atoms with Gasteiger partial charge < -0.3 is 10.1 Å². The zero-order valence-electron chi connectivity index (χ0n) is 10.7. The van der Waals surface area contributed by atoms with Gasteiger partial charge in [-0.2, -0.15) is 0 Å². The van der Waals surface area contributed by atoms with E-state index < -0.39 is 0 Å². The second kappa shape index (κ2) is 6.00. The average molecular weight is 272 g/mol. The van der Waals surface area contributed by atoms with Crippen LogP contribution < -0.4 is 5.32 Å². The zero-order valence-corrected chi connectivity index (χ0v) is 11.5. The number of nitrogens with one attached hydrogen (secondary N) is 1. The minimum absolute atomic E-state index is 0.0188. The Balaban J connectivity index is 2.27. The molecule has 3 unspecified atom stereocenters. The fraction of sp³-hybridized carbons (Fsp3) is 0.571. The van der Waals surface area contributed by atoms with Crippen LogP contribution in [0.1, 0.15) is 31.4 Å². The molecule has 1 heterocycles. The maximum Gasteiger partial charge on any atom is 0.129 e. The van der Waals surface area contributed by atoms with Crippen LogP contribution in [0.15, 0.2) is 18.2 Å².